The Kier molecular flexibility index (Phi) is 5.56. The summed E-state index contributed by atoms with van der Waals surface area (Å²) in [6.07, 6.45) is 1.84. The molecule has 4 rings (SSSR count). The molecule has 0 saturated heterocycles. The van der Waals surface area contributed by atoms with Crippen molar-refractivity contribution in [3.05, 3.63) is 82.3 Å². The Morgan fingerprint density at radius 2 is 1.78 bits per heavy atom. The fourth-order valence-corrected chi connectivity index (χ4v) is 3.52. The number of carbonyl (C=O) groups excluding carboxylic acids is 1. The van der Waals surface area contributed by atoms with E-state index in [4.69, 9.17) is 5.11 Å². The number of carboxylic acid groups (broad SMARTS) is 1. The molecule has 3 aromatic rings. The van der Waals surface area contributed by atoms with Crippen LogP contribution in [0.15, 0.2) is 36.8 Å². The Labute approximate surface area is 178 Å². The molecule has 1 aliphatic heterocycles. The highest BCUT2D eigenvalue weighted by molar-refractivity contribution is 6.03. The number of aromatic nitrogens is 2. The third kappa shape index (κ3) is 4.27. The fraction of sp³-hybridized carbons (Fsp3) is 0.190. The van der Waals surface area contributed by atoms with Crippen molar-refractivity contribution in [1.29, 1.82) is 0 Å². The monoisotopic (exact) mass is 448 g/mol. The van der Waals surface area contributed by atoms with Crippen LogP contribution in [0.3, 0.4) is 0 Å². The van der Waals surface area contributed by atoms with E-state index in [-0.39, 0.29) is 48.6 Å². The average molecular weight is 448 g/mol. The molecule has 0 bridgehead atoms. The van der Waals surface area contributed by atoms with E-state index in [0.29, 0.717) is 5.56 Å². The minimum Gasteiger partial charge on any atom is -0.465 e. The van der Waals surface area contributed by atoms with Gasteiger partial charge in [-0.2, -0.15) is 0 Å². The number of nitrogens with one attached hydrogen (secondary N) is 1. The summed E-state index contributed by atoms with van der Waals surface area (Å²) in [6, 6.07) is 4.25. The minimum atomic E-state index is -1.56. The van der Waals surface area contributed by atoms with E-state index in [9.17, 15) is 27.2 Å². The number of amides is 2. The predicted molar refractivity (Wildman–Crippen MR) is 104 cm³/mol. The SMILES string of the molecule is O=C(Nc1cn(Cc2cc(F)c(F)c(F)c2)cn1)c1cc(F)c2c(c1)CCN(C(=O)O)C2. The van der Waals surface area contributed by atoms with Crippen molar-refractivity contribution in [2.45, 2.75) is 19.5 Å². The summed E-state index contributed by atoms with van der Waals surface area (Å²) >= 11 is 0. The van der Waals surface area contributed by atoms with E-state index in [1.807, 2.05) is 0 Å². The minimum absolute atomic E-state index is 0.0233. The number of imidazole rings is 1. The van der Waals surface area contributed by atoms with Crippen LogP contribution < -0.4 is 5.32 Å². The fourth-order valence-electron chi connectivity index (χ4n) is 3.52. The van der Waals surface area contributed by atoms with Gasteiger partial charge in [-0.25, -0.2) is 27.3 Å². The molecule has 2 N–H and O–H groups in total. The standard InChI is InChI=1S/C21H16F4N4O3/c22-15-6-13(5-12-1-2-29(21(31)32)8-14(12)15)20(30)27-18-9-28(10-26-18)7-11-3-16(23)19(25)17(24)4-11/h3-6,9-10H,1-2,7-8H2,(H,27,30)(H,31,32). The van der Waals surface area contributed by atoms with Gasteiger partial charge in [0, 0.05) is 30.4 Å². The first-order valence-corrected chi connectivity index (χ1v) is 9.47. The average Bonchev–Trinajstić information content (AvgIpc) is 3.18. The molecule has 0 radical (unpaired) electrons. The molecule has 1 aromatic heterocycles. The number of benzene rings is 2. The van der Waals surface area contributed by atoms with Crippen LogP contribution in [0.4, 0.5) is 28.2 Å². The molecule has 2 amide bonds. The van der Waals surface area contributed by atoms with Gasteiger partial charge in [0.2, 0.25) is 0 Å². The maximum Gasteiger partial charge on any atom is 0.407 e. The Bertz CT molecular complexity index is 1200. The van der Waals surface area contributed by atoms with Crippen molar-refractivity contribution in [3.63, 3.8) is 0 Å². The summed E-state index contributed by atoms with van der Waals surface area (Å²) in [7, 11) is 0. The zero-order chi connectivity index (χ0) is 23.0. The quantitative estimate of drug-likeness (QED) is 0.470. The van der Waals surface area contributed by atoms with E-state index in [2.05, 4.69) is 10.3 Å². The van der Waals surface area contributed by atoms with Crippen LogP contribution in [0.1, 0.15) is 27.0 Å². The molecule has 11 heteroatoms. The van der Waals surface area contributed by atoms with E-state index >= 15 is 0 Å². The predicted octanol–water partition coefficient (Wildman–Crippen LogP) is 3.78. The van der Waals surface area contributed by atoms with E-state index in [0.717, 1.165) is 23.1 Å². The van der Waals surface area contributed by atoms with Gasteiger partial charge in [-0.1, -0.05) is 0 Å². The maximum atomic E-state index is 14.5. The van der Waals surface area contributed by atoms with Crippen LogP contribution >= 0.6 is 0 Å². The molecule has 1 aliphatic rings. The van der Waals surface area contributed by atoms with Crippen molar-refractivity contribution >= 4 is 17.8 Å². The van der Waals surface area contributed by atoms with Gasteiger partial charge in [-0.3, -0.25) is 4.79 Å². The zero-order valence-corrected chi connectivity index (χ0v) is 16.4. The largest absolute Gasteiger partial charge is 0.465 e. The van der Waals surface area contributed by atoms with Crippen molar-refractivity contribution in [1.82, 2.24) is 14.5 Å². The third-order valence-electron chi connectivity index (χ3n) is 5.10. The van der Waals surface area contributed by atoms with Gasteiger partial charge >= 0.3 is 6.09 Å². The van der Waals surface area contributed by atoms with Crippen molar-refractivity contribution in [3.8, 4) is 0 Å². The molecule has 0 fully saturated rings. The van der Waals surface area contributed by atoms with E-state index in [1.165, 1.54) is 23.2 Å². The molecule has 0 atom stereocenters. The summed E-state index contributed by atoms with van der Waals surface area (Å²) < 4.78 is 55.7. The summed E-state index contributed by atoms with van der Waals surface area (Å²) in [5.74, 6) is -5.36. The molecular weight excluding hydrogens is 432 g/mol. The zero-order valence-electron chi connectivity index (χ0n) is 16.4. The number of hydrogen-bond acceptors (Lipinski definition) is 3. The molecule has 2 heterocycles. The van der Waals surface area contributed by atoms with Crippen molar-refractivity contribution in [2.24, 2.45) is 0 Å². The summed E-state index contributed by atoms with van der Waals surface area (Å²) in [6.45, 7) is 0.0831. The van der Waals surface area contributed by atoms with Gasteiger partial charge in [-0.05, 0) is 41.8 Å². The Balaban J connectivity index is 1.47. The van der Waals surface area contributed by atoms with E-state index in [1.54, 1.807) is 0 Å². The lowest BCUT2D eigenvalue weighted by atomic mass is 9.96. The first-order chi connectivity index (χ1) is 15.2. The van der Waals surface area contributed by atoms with Gasteiger partial charge in [-0.15, -0.1) is 0 Å². The Morgan fingerprint density at radius 1 is 1.06 bits per heavy atom. The lowest BCUT2D eigenvalue weighted by Gasteiger charge is -2.27. The lowest BCUT2D eigenvalue weighted by molar-refractivity contribution is 0.102. The number of nitrogens with zero attached hydrogens (tertiary/aromatic N) is 3. The third-order valence-corrected chi connectivity index (χ3v) is 5.10. The molecule has 166 valence electrons. The van der Waals surface area contributed by atoms with Gasteiger partial charge in [0.05, 0.1) is 12.9 Å². The van der Waals surface area contributed by atoms with Crippen LogP contribution in [0.25, 0.3) is 0 Å². The summed E-state index contributed by atoms with van der Waals surface area (Å²) in [5.41, 5.74) is 0.989. The maximum absolute atomic E-state index is 14.5. The molecule has 0 saturated carbocycles. The smallest absolute Gasteiger partial charge is 0.407 e. The topological polar surface area (TPSA) is 87.5 Å². The number of halogens is 4. The highest BCUT2D eigenvalue weighted by Crippen LogP contribution is 2.24. The van der Waals surface area contributed by atoms with Crippen molar-refractivity contribution in [2.75, 3.05) is 11.9 Å². The van der Waals surface area contributed by atoms with Gasteiger partial charge in [0.25, 0.3) is 5.91 Å². The first kappa shape index (κ1) is 21.3. The van der Waals surface area contributed by atoms with Gasteiger partial charge < -0.3 is 19.9 Å². The first-order valence-electron chi connectivity index (χ1n) is 9.47. The van der Waals surface area contributed by atoms with Crippen LogP contribution in [-0.2, 0) is 19.5 Å². The number of hydrogen-bond donors (Lipinski definition) is 2. The van der Waals surface area contributed by atoms with E-state index < -0.39 is 35.3 Å². The highest BCUT2D eigenvalue weighted by Gasteiger charge is 2.24. The molecule has 0 aliphatic carbocycles. The number of carbonyl (C=O) groups is 2. The van der Waals surface area contributed by atoms with Gasteiger partial charge in [0.15, 0.2) is 23.3 Å². The molecule has 2 aromatic carbocycles. The summed E-state index contributed by atoms with van der Waals surface area (Å²) in [4.78, 5) is 28.7. The lowest BCUT2D eigenvalue weighted by Crippen LogP contribution is -2.35. The second-order valence-corrected chi connectivity index (χ2v) is 7.31. The summed E-state index contributed by atoms with van der Waals surface area (Å²) in [5, 5.41) is 11.6. The second kappa shape index (κ2) is 8.33. The molecule has 0 unspecified atom stereocenters. The number of anilines is 1. The second-order valence-electron chi connectivity index (χ2n) is 7.31. The molecule has 0 spiro atoms. The van der Waals surface area contributed by atoms with Crippen molar-refractivity contribution < 1.29 is 32.3 Å². The molecule has 7 nitrogen and oxygen atoms in total. The van der Waals surface area contributed by atoms with Crippen LogP contribution in [0.2, 0.25) is 0 Å². The van der Waals surface area contributed by atoms with Gasteiger partial charge in [0.1, 0.15) is 5.82 Å². The normalized spacial score (nSPS) is 13.1. The van der Waals surface area contributed by atoms with Crippen LogP contribution in [0, 0.1) is 23.3 Å². The molecule has 32 heavy (non-hydrogen) atoms. The Hall–Kier alpha value is -3.89. The number of fused-ring (bicyclic) bond motifs is 1. The highest BCUT2D eigenvalue weighted by atomic mass is 19.2. The Morgan fingerprint density at radius 3 is 2.47 bits per heavy atom. The van der Waals surface area contributed by atoms with Crippen LogP contribution in [0.5, 0.6) is 0 Å². The molecular formula is C21H16F4N4O3. The van der Waals surface area contributed by atoms with Crippen LogP contribution in [-0.4, -0.2) is 38.1 Å². The number of rotatable bonds is 4.